The fourth-order valence-electron chi connectivity index (χ4n) is 2.95. The lowest BCUT2D eigenvalue weighted by Crippen LogP contribution is -2.49. The van der Waals surface area contributed by atoms with Crippen LogP contribution in [0.3, 0.4) is 0 Å². The Bertz CT molecular complexity index is 607. The van der Waals surface area contributed by atoms with Gasteiger partial charge in [-0.2, -0.15) is 0 Å². The van der Waals surface area contributed by atoms with Crippen LogP contribution in [-0.2, 0) is 9.59 Å². The van der Waals surface area contributed by atoms with Crippen molar-refractivity contribution in [3.05, 3.63) is 29.8 Å². The molecule has 1 aromatic carbocycles. The van der Waals surface area contributed by atoms with Crippen LogP contribution in [0.2, 0.25) is 0 Å². The molecule has 0 radical (unpaired) electrons. The van der Waals surface area contributed by atoms with Crippen LogP contribution in [0.15, 0.2) is 24.3 Å². The molecular weight excluding hydrogens is 304 g/mol. The first kappa shape index (κ1) is 18.3. The van der Waals surface area contributed by atoms with Crippen LogP contribution in [0, 0.1) is 5.41 Å². The minimum absolute atomic E-state index is 0.0297. The molecule has 1 aliphatic rings. The van der Waals surface area contributed by atoms with Crippen LogP contribution in [0.4, 0.5) is 0 Å². The van der Waals surface area contributed by atoms with Crippen LogP contribution in [-0.4, -0.2) is 36.4 Å². The highest BCUT2D eigenvalue weighted by molar-refractivity contribution is 5.89. The van der Waals surface area contributed by atoms with Gasteiger partial charge < -0.3 is 15.0 Å². The Morgan fingerprint density at radius 3 is 2.67 bits per heavy atom. The number of carbonyl (C=O) groups is 2. The monoisotopic (exact) mass is 332 g/mol. The molecule has 5 nitrogen and oxygen atoms in total. The number of benzene rings is 1. The average molecular weight is 332 g/mol. The van der Waals surface area contributed by atoms with E-state index >= 15 is 0 Å². The summed E-state index contributed by atoms with van der Waals surface area (Å²) in [6.45, 7) is 8.00. The zero-order valence-corrected chi connectivity index (χ0v) is 15.3. The smallest absolute Gasteiger partial charge is 0.245 e. The van der Waals surface area contributed by atoms with Gasteiger partial charge in [-0.05, 0) is 37.5 Å². The van der Waals surface area contributed by atoms with Gasteiger partial charge in [-0.15, -0.1) is 0 Å². The number of amides is 2. The van der Waals surface area contributed by atoms with E-state index in [4.69, 9.17) is 4.74 Å². The van der Waals surface area contributed by atoms with Gasteiger partial charge in [-0.25, -0.2) is 0 Å². The van der Waals surface area contributed by atoms with Crippen molar-refractivity contribution >= 4 is 11.8 Å². The Balaban J connectivity index is 2.11. The van der Waals surface area contributed by atoms with Crippen molar-refractivity contribution < 1.29 is 14.3 Å². The van der Waals surface area contributed by atoms with Gasteiger partial charge in [0.25, 0.3) is 0 Å². The van der Waals surface area contributed by atoms with Crippen molar-refractivity contribution in [3.8, 4) is 5.75 Å². The molecule has 1 saturated heterocycles. The molecule has 0 saturated carbocycles. The number of carbonyl (C=O) groups excluding carboxylic acids is 2. The van der Waals surface area contributed by atoms with E-state index < -0.39 is 11.5 Å². The molecule has 2 rings (SSSR count). The van der Waals surface area contributed by atoms with E-state index in [1.165, 1.54) is 0 Å². The summed E-state index contributed by atoms with van der Waals surface area (Å²) in [5.74, 6) is 0.652. The Morgan fingerprint density at radius 1 is 1.33 bits per heavy atom. The first-order valence-electron chi connectivity index (χ1n) is 8.49. The minimum atomic E-state index is -0.525. The third-order valence-electron chi connectivity index (χ3n) is 4.41. The predicted octanol–water partition coefficient (Wildman–Crippen LogP) is 2.91. The average Bonchev–Trinajstić information content (AvgIpc) is 3.02. The maximum absolute atomic E-state index is 12.8. The fraction of sp³-hybridized carbons (Fsp3) is 0.579. The summed E-state index contributed by atoms with van der Waals surface area (Å²) >= 11 is 0. The summed E-state index contributed by atoms with van der Waals surface area (Å²) < 4.78 is 5.29. The number of hydrogen-bond acceptors (Lipinski definition) is 3. The summed E-state index contributed by atoms with van der Waals surface area (Å²) in [5, 5.41) is 2.84. The molecule has 1 N–H and O–H groups in total. The molecule has 1 aliphatic heterocycles. The minimum Gasteiger partial charge on any atom is -0.497 e. The Kier molecular flexibility index (Phi) is 5.52. The van der Waals surface area contributed by atoms with Crippen LogP contribution in [0.25, 0.3) is 0 Å². The number of hydrogen-bond donors (Lipinski definition) is 1. The van der Waals surface area contributed by atoms with E-state index in [0.29, 0.717) is 0 Å². The van der Waals surface area contributed by atoms with Crippen molar-refractivity contribution in [3.63, 3.8) is 0 Å². The molecular formula is C19H28N2O3. The summed E-state index contributed by atoms with van der Waals surface area (Å²) in [4.78, 5) is 26.8. The SMILES string of the molecule is COc1cccc(C2CCCN2C(=O)C(C)NC(=O)C(C)(C)C)c1. The number of methoxy groups -OCH3 is 1. The van der Waals surface area contributed by atoms with E-state index in [1.807, 2.05) is 49.9 Å². The van der Waals surface area contributed by atoms with Crippen molar-refractivity contribution in [2.75, 3.05) is 13.7 Å². The second kappa shape index (κ2) is 7.24. The molecule has 0 spiro atoms. The number of ether oxygens (including phenoxy) is 1. The highest BCUT2D eigenvalue weighted by atomic mass is 16.5. The number of rotatable bonds is 4. The lowest BCUT2D eigenvalue weighted by atomic mass is 9.95. The maximum atomic E-state index is 12.8. The number of nitrogens with one attached hydrogen (secondary N) is 1. The van der Waals surface area contributed by atoms with Gasteiger partial charge in [-0.3, -0.25) is 9.59 Å². The molecule has 5 heteroatoms. The van der Waals surface area contributed by atoms with Gasteiger partial charge in [-0.1, -0.05) is 32.9 Å². The Labute approximate surface area is 144 Å². The summed E-state index contributed by atoms with van der Waals surface area (Å²) in [6, 6.07) is 7.37. The zero-order chi connectivity index (χ0) is 17.9. The molecule has 0 aromatic heterocycles. The highest BCUT2D eigenvalue weighted by Crippen LogP contribution is 2.33. The summed E-state index contributed by atoms with van der Waals surface area (Å²) in [6.07, 6.45) is 1.90. The lowest BCUT2D eigenvalue weighted by Gasteiger charge is -2.29. The molecule has 1 fully saturated rings. The molecule has 1 heterocycles. The van der Waals surface area contributed by atoms with Crippen LogP contribution < -0.4 is 10.1 Å². The molecule has 2 unspecified atom stereocenters. The van der Waals surface area contributed by atoms with Gasteiger partial charge in [0.15, 0.2) is 0 Å². The van der Waals surface area contributed by atoms with Crippen molar-refractivity contribution in [2.45, 2.75) is 52.6 Å². The summed E-state index contributed by atoms with van der Waals surface area (Å²) in [5.41, 5.74) is 0.570. The first-order chi connectivity index (χ1) is 11.2. The molecule has 2 amide bonds. The molecule has 24 heavy (non-hydrogen) atoms. The van der Waals surface area contributed by atoms with E-state index in [2.05, 4.69) is 5.32 Å². The van der Waals surface area contributed by atoms with Crippen LogP contribution in [0.1, 0.15) is 52.1 Å². The first-order valence-corrected chi connectivity index (χ1v) is 8.49. The van der Waals surface area contributed by atoms with Crippen molar-refractivity contribution in [1.82, 2.24) is 10.2 Å². The third-order valence-corrected chi connectivity index (χ3v) is 4.41. The summed E-state index contributed by atoms with van der Waals surface area (Å²) in [7, 11) is 1.64. The predicted molar refractivity (Wildman–Crippen MR) is 93.7 cm³/mol. The van der Waals surface area contributed by atoms with Gasteiger partial charge in [0, 0.05) is 12.0 Å². The topological polar surface area (TPSA) is 58.6 Å². The van der Waals surface area contributed by atoms with Crippen molar-refractivity contribution in [1.29, 1.82) is 0 Å². The van der Waals surface area contributed by atoms with E-state index in [-0.39, 0.29) is 17.9 Å². The maximum Gasteiger partial charge on any atom is 0.245 e. The second-order valence-electron chi connectivity index (χ2n) is 7.41. The standard InChI is InChI=1S/C19H28N2O3/c1-13(20-18(23)19(2,3)4)17(22)21-11-7-10-16(21)14-8-6-9-15(12-14)24-5/h6,8-9,12-13,16H,7,10-11H2,1-5H3,(H,20,23). The molecule has 0 aliphatic carbocycles. The largest absolute Gasteiger partial charge is 0.497 e. The highest BCUT2D eigenvalue weighted by Gasteiger charge is 2.34. The Morgan fingerprint density at radius 2 is 2.04 bits per heavy atom. The molecule has 2 atom stereocenters. The lowest BCUT2D eigenvalue weighted by molar-refractivity contribution is -0.138. The van der Waals surface area contributed by atoms with Crippen molar-refractivity contribution in [2.24, 2.45) is 5.41 Å². The Hall–Kier alpha value is -2.04. The normalized spacial score (nSPS) is 19.0. The van der Waals surface area contributed by atoms with Gasteiger partial charge in [0.1, 0.15) is 11.8 Å². The quantitative estimate of drug-likeness (QED) is 0.922. The zero-order valence-electron chi connectivity index (χ0n) is 15.3. The molecule has 0 bridgehead atoms. The second-order valence-corrected chi connectivity index (χ2v) is 7.41. The molecule has 132 valence electrons. The number of likely N-dealkylation sites (tertiary alicyclic amines) is 1. The van der Waals surface area contributed by atoms with E-state index in [1.54, 1.807) is 14.0 Å². The van der Waals surface area contributed by atoms with Gasteiger partial charge in [0.05, 0.1) is 13.2 Å². The van der Waals surface area contributed by atoms with Crippen LogP contribution in [0.5, 0.6) is 5.75 Å². The van der Waals surface area contributed by atoms with E-state index in [9.17, 15) is 9.59 Å². The van der Waals surface area contributed by atoms with Gasteiger partial charge >= 0.3 is 0 Å². The molecule has 1 aromatic rings. The van der Waals surface area contributed by atoms with Gasteiger partial charge in [0.2, 0.25) is 11.8 Å². The fourth-order valence-corrected chi connectivity index (χ4v) is 2.95. The van der Waals surface area contributed by atoms with Crippen LogP contribution >= 0.6 is 0 Å². The van der Waals surface area contributed by atoms with E-state index in [0.717, 1.165) is 30.7 Å². The third kappa shape index (κ3) is 4.08. The number of nitrogens with zero attached hydrogens (tertiary/aromatic N) is 1.